The van der Waals surface area contributed by atoms with E-state index in [1.54, 1.807) is 6.07 Å². The summed E-state index contributed by atoms with van der Waals surface area (Å²) in [4.78, 5) is 26.3. The number of aryl methyl sites for hydroxylation is 2. The maximum Gasteiger partial charge on any atom is 0.246 e. The van der Waals surface area contributed by atoms with Gasteiger partial charge in [-0.1, -0.05) is 36.8 Å². The highest BCUT2D eigenvalue weighted by Crippen LogP contribution is 2.24. The Morgan fingerprint density at radius 1 is 1.00 bits per heavy atom. The normalized spacial score (nSPS) is 11.9. The van der Waals surface area contributed by atoms with Crippen LogP contribution in [0.4, 0.5) is 11.4 Å². The third-order valence-electron chi connectivity index (χ3n) is 4.25. The Kier molecular flexibility index (Phi) is 6.52. The van der Waals surface area contributed by atoms with Gasteiger partial charge >= 0.3 is 0 Å². The van der Waals surface area contributed by atoms with Gasteiger partial charge in [0.2, 0.25) is 11.8 Å². The van der Waals surface area contributed by atoms with Crippen LogP contribution in [-0.4, -0.2) is 30.8 Å². The van der Waals surface area contributed by atoms with Gasteiger partial charge in [-0.05, 0) is 57.3 Å². The number of hydrogen-bond acceptors (Lipinski definition) is 3. The topological polar surface area (TPSA) is 61.4 Å². The second-order valence-corrected chi connectivity index (χ2v) is 6.70. The summed E-state index contributed by atoms with van der Waals surface area (Å²) in [6, 6.07) is 13.1. The van der Waals surface area contributed by atoms with Crippen molar-refractivity contribution < 1.29 is 9.59 Å². The molecule has 138 valence electrons. The van der Waals surface area contributed by atoms with Gasteiger partial charge in [0.05, 0.1) is 0 Å². The van der Waals surface area contributed by atoms with Gasteiger partial charge in [-0.25, -0.2) is 0 Å². The summed E-state index contributed by atoms with van der Waals surface area (Å²) in [5.41, 5.74) is 4.47. The molecule has 0 aliphatic carbocycles. The molecule has 1 unspecified atom stereocenters. The number of rotatable bonds is 6. The number of anilines is 2. The van der Waals surface area contributed by atoms with Crippen molar-refractivity contribution in [3.8, 4) is 0 Å². The van der Waals surface area contributed by atoms with Crippen molar-refractivity contribution in [2.45, 2.75) is 33.2 Å². The van der Waals surface area contributed by atoms with Gasteiger partial charge in [0.15, 0.2) is 0 Å². The minimum Gasteiger partial charge on any atom is -0.326 e. The molecule has 0 fully saturated rings. The lowest BCUT2D eigenvalue weighted by Crippen LogP contribution is -2.32. The van der Waals surface area contributed by atoms with E-state index in [4.69, 9.17) is 0 Å². The van der Waals surface area contributed by atoms with Crippen molar-refractivity contribution in [1.29, 1.82) is 0 Å². The molecule has 0 saturated heterocycles. The fourth-order valence-corrected chi connectivity index (χ4v) is 2.76. The lowest BCUT2D eigenvalue weighted by molar-refractivity contribution is -0.120. The van der Waals surface area contributed by atoms with Crippen LogP contribution in [0.3, 0.4) is 0 Å². The fraction of sp³-hybridized carbons (Fsp3) is 0.333. The zero-order valence-corrected chi connectivity index (χ0v) is 16.1. The van der Waals surface area contributed by atoms with Crippen molar-refractivity contribution in [2.24, 2.45) is 0 Å². The molecule has 2 aromatic rings. The molecule has 0 aliphatic heterocycles. The Morgan fingerprint density at radius 2 is 1.65 bits per heavy atom. The number of hydrogen-bond donors (Lipinski definition) is 2. The molecule has 5 heteroatoms. The average Bonchev–Trinajstić information content (AvgIpc) is 2.59. The second-order valence-electron chi connectivity index (χ2n) is 6.70. The molecule has 2 rings (SSSR count). The van der Waals surface area contributed by atoms with E-state index in [-0.39, 0.29) is 17.9 Å². The summed E-state index contributed by atoms with van der Waals surface area (Å²) >= 11 is 0. The molecule has 2 aromatic carbocycles. The molecule has 2 amide bonds. The van der Waals surface area contributed by atoms with Gasteiger partial charge in [0.1, 0.15) is 6.04 Å². The summed E-state index contributed by atoms with van der Waals surface area (Å²) < 4.78 is 0. The van der Waals surface area contributed by atoms with Gasteiger partial charge < -0.3 is 10.6 Å². The Morgan fingerprint density at radius 3 is 2.19 bits per heavy atom. The zero-order valence-electron chi connectivity index (χ0n) is 16.1. The summed E-state index contributed by atoms with van der Waals surface area (Å²) in [7, 11) is 3.78. The average molecular weight is 353 g/mol. The Bertz CT molecular complexity index is 782. The first-order valence-electron chi connectivity index (χ1n) is 8.76. The molecular weight excluding hydrogens is 326 g/mol. The van der Waals surface area contributed by atoms with Gasteiger partial charge in [-0.15, -0.1) is 0 Å². The number of nitrogens with one attached hydrogen (secondary N) is 2. The second kappa shape index (κ2) is 8.63. The van der Waals surface area contributed by atoms with E-state index >= 15 is 0 Å². The highest BCUT2D eigenvalue weighted by Gasteiger charge is 2.23. The predicted octanol–water partition coefficient (Wildman–Crippen LogP) is 3.89. The van der Waals surface area contributed by atoms with Gasteiger partial charge in [0.25, 0.3) is 0 Å². The van der Waals surface area contributed by atoms with Crippen LogP contribution >= 0.6 is 0 Å². The van der Waals surface area contributed by atoms with E-state index in [1.807, 2.05) is 76.2 Å². The SMILES string of the molecule is CCC(=O)Nc1ccc(NC(=O)C(c2ccc(C)cc2)N(C)C)c(C)c1. The highest BCUT2D eigenvalue weighted by atomic mass is 16.2. The summed E-state index contributed by atoms with van der Waals surface area (Å²) in [5, 5.41) is 5.83. The highest BCUT2D eigenvalue weighted by molar-refractivity contribution is 5.97. The van der Waals surface area contributed by atoms with Gasteiger partial charge in [0, 0.05) is 17.8 Å². The maximum atomic E-state index is 12.9. The molecule has 0 bridgehead atoms. The Balaban J connectivity index is 2.18. The number of likely N-dealkylation sites (N-methyl/N-ethyl adjacent to an activating group) is 1. The first-order chi connectivity index (χ1) is 12.3. The molecule has 0 heterocycles. The van der Waals surface area contributed by atoms with Crippen LogP contribution in [0.15, 0.2) is 42.5 Å². The quantitative estimate of drug-likeness (QED) is 0.828. The molecule has 1 atom stereocenters. The lowest BCUT2D eigenvalue weighted by atomic mass is 10.0. The molecule has 26 heavy (non-hydrogen) atoms. The molecule has 0 aromatic heterocycles. The van der Waals surface area contributed by atoms with Crippen molar-refractivity contribution in [3.05, 3.63) is 59.2 Å². The van der Waals surface area contributed by atoms with Crippen LogP contribution in [0.2, 0.25) is 0 Å². The number of benzene rings is 2. The van der Waals surface area contributed by atoms with E-state index in [0.29, 0.717) is 6.42 Å². The number of nitrogens with zero attached hydrogens (tertiary/aromatic N) is 1. The molecule has 2 N–H and O–H groups in total. The van der Waals surface area contributed by atoms with Crippen molar-refractivity contribution in [3.63, 3.8) is 0 Å². The largest absolute Gasteiger partial charge is 0.326 e. The zero-order chi connectivity index (χ0) is 19.3. The van der Waals surface area contributed by atoms with Crippen molar-refractivity contribution >= 4 is 23.2 Å². The molecule has 0 spiro atoms. The van der Waals surface area contributed by atoms with Crippen LogP contribution < -0.4 is 10.6 Å². The number of amides is 2. The predicted molar refractivity (Wildman–Crippen MR) is 106 cm³/mol. The third-order valence-corrected chi connectivity index (χ3v) is 4.25. The number of carbonyl (C=O) groups excluding carboxylic acids is 2. The first-order valence-corrected chi connectivity index (χ1v) is 8.76. The van der Waals surface area contributed by atoms with E-state index in [1.165, 1.54) is 0 Å². The van der Waals surface area contributed by atoms with E-state index in [2.05, 4.69) is 10.6 Å². The van der Waals surface area contributed by atoms with Crippen LogP contribution in [0, 0.1) is 13.8 Å². The summed E-state index contributed by atoms with van der Waals surface area (Å²) in [6.45, 7) is 5.74. The van der Waals surface area contributed by atoms with Crippen molar-refractivity contribution in [2.75, 3.05) is 24.7 Å². The van der Waals surface area contributed by atoms with Crippen LogP contribution in [0.1, 0.15) is 36.1 Å². The third kappa shape index (κ3) is 4.92. The smallest absolute Gasteiger partial charge is 0.246 e. The lowest BCUT2D eigenvalue weighted by Gasteiger charge is -2.24. The summed E-state index contributed by atoms with van der Waals surface area (Å²) in [5.74, 6) is -0.125. The van der Waals surface area contributed by atoms with Crippen LogP contribution in [0.5, 0.6) is 0 Å². The standard InChI is InChI=1S/C21H27N3O2/c1-6-19(25)22-17-11-12-18(15(3)13-17)23-21(26)20(24(4)5)16-9-7-14(2)8-10-16/h7-13,20H,6H2,1-5H3,(H,22,25)(H,23,26). The van der Waals surface area contributed by atoms with E-state index in [9.17, 15) is 9.59 Å². The Hall–Kier alpha value is -2.66. The van der Waals surface area contributed by atoms with E-state index in [0.717, 1.165) is 28.1 Å². The minimum absolute atomic E-state index is 0.0340. The molecule has 0 aliphatic rings. The van der Waals surface area contributed by atoms with Crippen LogP contribution in [0.25, 0.3) is 0 Å². The molecule has 5 nitrogen and oxygen atoms in total. The van der Waals surface area contributed by atoms with Crippen molar-refractivity contribution in [1.82, 2.24) is 4.90 Å². The molecule has 0 radical (unpaired) electrons. The minimum atomic E-state index is -0.380. The van der Waals surface area contributed by atoms with E-state index < -0.39 is 0 Å². The summed E-state index contributed by atoms with van der Waals surface area (Å²) in [6.07, 6.45) is 0.429. The van der Waals surface area contributed by atoms with Gasteiger partial charge in [-0.3, -0.25) is 14.5 Å². The first kappa shape index (κ1) is 19.7. The van der Waals surface area contributed by atoms with Crippen LogP contribution in [-0.2, 0) is 9.59 Å². The van der Waals surface area contributed by atoms with Gasteiger partial charge in [-0.2, -0.15) is 0 Å². The maximum absolute atomic E-state index is 12.9. The Labute approximate surface area is 155 Å². The fourth-order valence-electron chi connectivity index (χ4n) is 2.76. The monoisotopic (exact) mass is 353 g/mol. The molecular formula is C21H27N3O2. The number of carbonyl (C=O) groups is 2. The molecule has 0 saturated carbocycles.